The van der Waals surface area contributed by atoms with Gasteiger partial charge in [0.05, 0.1) is 19.1 Å². The van der Waals surface area contributed by atoms with E-state index in [0.717, 1.165) is 5.56 Å². The van der Waals surface area contributed by atoms with Crippen LogP contribution in [-0.4, -0.2) is 24.9 Å². The standard InChI is InChI=1S/C23H20N2O4/c1-29-23(28)18-12-10-17(11-13-18)22(27)25-20-9-5-8-19(15-20)24-21(26)14-16-6-3-2-4-7-16/h2-13,15H,14H2,1H3,(H,24,26)(H,25,27). The van der Waals surface area contributed by atoms with Gasteiger partial charge in [-0.1, -0.05) is 36.4 Å². The van der Waals surface area contributed by atoms with Gasteiger partial charge in [-0.2, -0.15) is 0 Å². The molecular formula is C23H20N2O4. The predicted molar refractivity (Wildman–Crippen MR) is 111 cm³/mol. The van der Waals surface area contributed by atoms with Crippen LogP contribution < -0.4 is 10.6 Å². The van der Waals surface area contributed by atoms with E-state index in [1.807, 2.05) is 30.3 Å². The summed E-state index contributed by atoms with van der Waals surface area (Å²) in [6.45, 7) is 0. The summed E-state index contributed by atoms with van der Waals surface area (Å²) in [5.74, 6) is -0.928. The molecule has 0 radical (unpaired) electrons. The van der Waals surface area contributed by atoms with E-state index in [4.69, 9.17) is 0 Å². The zero-order chi connectivity index (χ0) is 20.6. The van der Waals surface area contributed by atoms with E-state index >= 15 is 0 Å². The first-order valence-electron chi connectivity index (χ1n) is 8.99. The second-order valence-electron chi connectivity index (χ2n) is 6.31. The second-order valence-corrected chi connectivity index (χ2v) is 6.31. The first-order chi connectivity index (χ1) is 14.0. The summed E-state index contributed by atoms with van der Waals surface area (Å²) in [5, 5.41) is 5.61. The SMILES string of the molecule is COC(=O)c1ccc(C(=O)Nc2cccc(NC(=O)Cc3ccccc3)c2)cc1. The van der Waals surface area contributed by atoms with Gasteiger partial charge in [0.15, 0.2) is 0 Å². The second kappa shape index (κ2) is 9.32. The van der Waals surface area contributed by atoms with Crippen LogP contribution in [0.4, 0.5) is 11.4 Å². The van der Waals surface area contributed by atoms with Crippen molar-refractivity contribution in [2.24, 2.45) is 0 Å². The van der Waals surface area contributed by atoms with E-state index in [1.165, 1.54) is 19.2 Å². The molecule has 0 heterocycles. The number of benzene rings is 3. The highest BCUT2D eigenvalue weighted by molar-refractivity contribution is 6.05. The smallest absolute Gasteiger partial charge is 0.337 e. The summed E-state index contributed by atoms with van der Waals surface area (Å²) in [7, 11) is 1.30. The largest absolute Gasteiger partial charge is 0.465 e. The molecule has 0 atom stereocenters. The van der Waals surface area contributed by atoms with E-state index in [9.17, 15) is 14.4 Å². The fourth-order valence-electron chi connectivity index (χ4n) is 2.74. The third-order valence-electron chi connectivity index (χ3n) is 4.18. The number of nitrogens with one attached hydrogen (secondary N) is 2. The average Bonchev–Trinajstić information content (AvgIpc) is 2.74. The van der Waals surface area contributed by atoms with Gasteiger partial charge < -0.3 is 15.4 Å². The Morgan fingerprint density at radius 3 is 2.03 bits per heavy atom. The Morgan fingerprint density at radius 1 is 0.759 bits per heavy atom. The van der Waals surface area contributed by atoms with Crippen LogP contribution in [0.15, 0.2) is 78.9 Å². The molecule has 0 saturated heterocycles. The number of hydrogen-bond acceptors (Lipinski definition) is 4. The molecule has 3 aromatic rings. The van der Waals surface area contributed by atoms with Crippen LogP contribution in [0.1, 0.15) is 26.3 Å². The summed E-state index contributed by atoms with van der Waals surface area (Å²) >= 11 is 0. The molecule has 3 rings (SSSR count). The molecule has 0 aliphatic heterocycles. The molecule has 0 unspecified atom stereocenters. The van der Waals surface area contributed by atoms with Crippen molar-refractivity contribution < 1.29 is 19.1 Å². The molecule has 0 bridgehead atoms. The fourth-order valence-corrected chi connectivity index (χ4v) is 2.74. The van der Waals surface area contributed by atoms with E-state index in [-0.39, 0.29) is 18.2 Å². The Balaban J connectivity index is 1.62. The number of esters is 1. The summed E-state index contributed by atoms with van der Waals surface area (Å²) in [6.07, 6.45) is 0.268. The van der Waals surface area contributed by atoms with Gasteiger partial charge in [0.1, 0.15) is 0 Å². The van der Waals surface area contributed by atoms with Crippen LogP contribution in [0.5, 0.6) is 0 Å². The minimum atomic E-state index is -0.462. The van der Waals surface area contributed by atoms with Crippen LogP contribution in [-0.2, 0) is 16.0 Å². The summed E-state index contributed by atoms with van der Waals surface area (Å²) in [4.78, 5) is 36.1. The number of amides is 2. The zero-order valence-corrected chi connectivity index (χ0v) is 15.8. The Hall–Kier alpha value is -3.93. The summed E-state index contributed by atoms with van der Waals surface area (Å²) in [6, 6.07) is 22.5. The number of ether oxygens (including phenoxy) is 1. The predicted octanol–water partition coefficient (Wildman–Crippen LogP) is 3.91. The van der Waals surface area contributed by atoms with Crippen LogP contribution in [0, 0.1) is 0 Å². The Bertz CT molecular complexity index is 1010. The van der Waals surface area contributed by atoms with Gasteiger partial charge in [-0.3, -0.25) is 9.59 Å². The minimum Gasteiger partial charge on any atom is -0.465 e. The third kappa shape index (κ3) is 5.52. The molecule has 6 heteroatoms. The van der Waals surface area contributed by atoms with Gasteiger partial charge >= 0.3 is 5.97 Å². The van der Waals surface area contributed by atoms with Crippen LogP contribution in [0.2, 0.25) is 0 Å². The number of carbonyl (C=O) groups is 3. The molecule has 29 heavy (non-hydrogen) atoms. The lowest BCUT2D eigenvalue weighted by Gasteiger charge is -2.09. The van der Waals surface area contributed by atoms with Gasteiger partial charge in [0.2, 0.25) is 5.91 Å². The van der Waals surface area contributed by atoms with Crippen LogP contribution >= 0.6 is 0 Å². The van der Waals surface area contributed by atoms with Gasteiger partial charge in [0, 0.05) is 16.9 Å². The first-order valence-corrected chi connectivity index (χ1v) is 8.99. The highest BCUT2D eigenvalue weighted by Crippen LogP contribution is 2.17. The monoisotopic (exact) mass is 388 g/mol. The number of rotatable bonds is 6. The normalized spacial score (nSPS) is 10.1. The molecule has 0 aliphatic carbocycles. The van der Waals surface area contributed by atoms with Crippen molar-refractivity contribution in [3.63, 3.8) is 0 Å². The number of anilines is 2. The molecule has 6 nitrogen and oxygen atoms in total. The van der Waals surface area contributed by atoms with Crippen molar-refractivity contribution in [2.45, 2.75) is 6.42 Å². The Kier molecular flexibility index (Phi) is 6.37. The maximum absolute atomic E-state index is 12.4. The van der Waals surface area contributed by atoms with Crippen LogP contribution in [0.25, 0.3) is 0 Å². The van der Waals surface area contributed by atoms with Crippen molar-refractivity contribution in [3.05, 3.63) is 95.6 Å². The van der Waals surface area contributed by atoms with Gasteiger partial charge in [0.25, 0.3) is 5.91 Å². The molecule has 146 valence electrons. The van der Waals surface area contributed by atoms with Crippen molar-refractivity contribution in [3.8, 4) is 0 Å². The molecule has 0 spiro atoms. The maximum Gasteiger partial charge on any atom is 0.337 e. The van der Waals surface area contributed by atoms with Crippen LogP contribution in [0.3, 0.4) is 0 Å². The van der Waals surface area contributed by atoms with Crippen molar-refractivity contribution in [1.29, 1.82) is 0 Å². The number of methoxy groups -OCH3 is 1. The summed E-state index contributed by atoms with van der Waals surface area (Å²) in [5.41, 5.74) is 2.82. The lowest BCUT2D eigenvalue weighted by molar-refractivity contribution is -0.115. The lowest BCUT2D eigenvalue weighted by atomic mass is 10.1. The highest BCUT2D eigenvalue weighted by Gasteiger charge is 2.10. The molecule has 2 amide bonds. The molecule has 0 fully saturated rings. The highest BCUT2D eigenvalue weighted by atomic mass is 16.5. The fraction of sp³-hybridized carbons (Fsp3) is 0.0870. The maximum atomic E-state index is 12.4. The Morgan fingerprint density at radius 2 is 1.38 bits per heavy atom. The molecular weight excluding hydrogens is 368 g/mol. The van der Waals surface area contributed by atoms with Gasteiger partial charge in [-0.05, 0) is 48.0 Å². The average molecular weight is 388 g/mol. The lowest BCUT2D eigenvalue weighted by Crippen LogP contribution is -2.15. The van der Waals surface area contributed by atoms with Crippen molar-refractivity contribution in [1.82, 2.24) is 0 Å². The van der Waals surface area contributed by atoms with Crippen molar-refractivity contribution in [2.75, 3.05) is 17.7 Å². The van der Waals surface area contributed by atoms with Crippen molar-refractivity contribution >= 4 is 29.2 Å². The molecule has 0 aliphatic rings. The quantitative estimate of drug-likeness (QED) is 0.627. The number of carbonyl (C=O) groups excluding carboxylic acids is 3. The van der Waals surface area contributed by atoms with E-state index in [0.29, 0.717) is 22.5 Å². The first kappa shape index (κ1) is 19.8. The minimum absolute atomic E-state index is 0.141. The van der Waals surface area contributed by atoms with E-state index < -0.39 is 5.97 Å². The molecule has 0 aromatic heterocycles. The molecule has 0 saturated carbocycles. The zero-order valence-electron chi connectivity index (χ0n) is 15.8. The molecule has 3 aromatic carbocycles. The van der Waals surface area contributed by atoms with Gasteiger partial charge in [-0.25, -0.2) is 4.79 Å². The van der Waals surface area contributed by atoms with E-state index in [2.05, 4.69) is 15.4 Å². The molecule has 2 N–H and O–H groups in total. The number of hydrogen-bond donors (Lipinski definition) is 2. The Labute approximate surface area is 168 Å². The van der Waals surface area contributed by atoms with E-state index in [1.54, 1.807) is 36.4 Å². The van der Waals surface area contributed by atoms with Gasteiger partial charge in [-0.15, -0.1) is 0 Å². The topological polar surface area (TPSA) is 84.5 Å². The third-order valence-corrected chi connectivity index (χ3v) is 4.18. The summed E-state index contributed by atoms with van der Waals surface area (Å²) < 4.78 is 4.64.